The molecule has 0 saturated heterocycles. The van der Waals surface area contributed by atoms with Gasteiger partial charge in [0.25, 0.3) is 0 Å². The standard InChI is InChI=1S/C20H16N6/c1-2-17(14-23-7-1)18-12-19(24-13-15-3-8-21-9-4-15)26-20(25-18)16-5-10-22-11-6-16/h1-12,14H,13H2,(H,24,25,26). The summed E-state index contributed by atoms with van der Waals surface area (Å²) in [5, 5.41) is 3.37. The van der Waals surface area contributed by atoms with Gasteiger partial charge in [-0.05, 0) is 42.0 Å². The molecule has 126 valence electrons. The molecule has 0 spiro atoms. The summed E-state index contributed by atoms with van der Waals surface area (Å²) in [5.41, 5.74) is 3.80. The molecule has 0 aliphatic rings. The summed E-state index contributed by atoms with van der Waals surface area (Å²) >= 11 is 0. The Bertz CT molecular complexity index is 917. The van der Waals surface area contributed by atoms with Gasteiger partial charge >= 0.3 is 0 Å². The molecule has 0 amide bonds. The van der Waals surface area contributed by atoms with E-state index in [1.807, 2.05) is 42.5 Å². The minimum absolute atomic E-state index is 0.644. The van der Waals surface area contributed by atoms with Gasteiger partial charge in [-0.2, -0.15) is 0 Å². The van der Waals surface area contributed by atoms with Crippen LogP contribution in [0.4, 0.5) is 5.82 Å². The average molecular weight is 340 g/mol. The van der Waals surface area contributed by atoms with Crippen LogP contribution in [-0.4, -0.2) is 24.9 Å². The van der Waals surface area contributed by atoms with Crippen molar-refractivity contribution in [3.8, 4) is 22.6 Å². The lowest BCUT2D eigenvalue weighted by Gasteiger charge is -2.10. The average Bonchev–Trinajstić information content (AvgIpc) is 2.74. The highest BCUT2D eigenvalue weighted by Crippen LogP contribution is 2.23. The fraction of sp³-hybridized carbons (Fsp3) is 0.0500. The molecule has 4 heterocycles. The van der Waals surface area contributed by atoms with Crippen LogP contribution in [0.1, 0.15) is 5.56 Å². The van der Waals surface area contributed by atoms with Gasteiger partial charge in [-0.25, -0.2) is 9.97 Å². The molecule has 26 heavy (non-hydrogen) atoms. The van der Waals surface area contributed by atoms with Gasteiger partial charge in [-0.15, -0.1) is 0 Å². The van der Waals surface area contributed by atoms with E-state index >= 15 is 0 Å². The Hall–Kier alpha value is -3.67. The monoisotopic (exact) mass is 340 g/mol. The van der Waals surface area contributed by atoms with E-state index in [9.17, 15) is 0 Å². The van der Waals surface area contributed by atoms with Crippen LogP contribution in [-0.2, 0) is 6.54 Å². The molecule has 4 rings (SSSR count). The van der Waals surface area contributed by atoms with Gasteiger partial charge in [-0.3, -0.25) is 15.0 Å². The van der Waals surface area contributed by atoms with E-state index in [1.54, 1.807) is 37.2 Å². The van der Waals surface area contributed by atoms with Gasteiger partial charge in [0.15, 0.2) is 5.82 Å². The number of aromatic nitrogens is 5. The summed E-state index contributed by atoms with van der Waals surface area (Å²) in [7, 11) is 0. The third kappa shape index (κ3) is 3.70. The van der Waals surface area contributed by atoms with Crippen LogP contribution in [0.3, 0.4) is 0 Å². The summed E-state index contributed by atoms with van der Waals surface area (Å²) in [4.78, 5) is 21.7. The second kappa shape index (κ2) is 7.48. The molecule has 0 aliphatic carbocycles. The van der Waals surface area contributed by atoms with E-state index in [0.717, 1.165) is 28.2 Å². The molecule has 0 fully saturated rings. The SMILES string of the molecule is c1cncc(-c2cc(NCc3ccncc3)nc(-c3ccncc3)n2)c1. The lowest BCUT2D eigenvalue weighted by Crippen LogP contribution is -2.04. The van der Waals surface area contributed by atoms with Crippen molar-refractivity contribution < 1.29 is 0 Å². The van der Waals surface area contributed by atoms with Crippen molar-refractivity contribution in [2.45, 2.75) is 6.54 Å². The quantitative estimate of drug-likeness (QED) is 0.598. The first-order valence-corrected chi connectivity index (χ1v) is 8.21. The highest BCUT2D eigenvalue weighted by molar-refractivity contribution is 5.66. The van der Waals surface area contributed by atoms with Gasteiger partial charge in [0.05, 0.1) is 5.69 Å². The predicted octanol–water partition coefficient (Wildman–Crippen LogP) is 3.61. The molecule has 6 heteroatoms. The predicted molar refractivity (Wildman–Crippen MR) is 100 cm³/mol. The van der Waals surface area contributed by atoms with Gasteiger partial charge in [0.2, 0.25) is 0 Å². The number of rotatable bonds is 5. The molecule has 0 aromatic carbocycles. The Morgan fingerprint density at radius 3 is 2.23 bits per heavy atom. The topological polar surface area (TPSA) is 76.5 Å². The Kier molecular flexibility index (Phi) is 4.56. The molecular formula is C20H16N6. The molecule has 0 atom stereocenters. The van der Waals surface area contributed by atoms with Crippen molar-refractivity contribution in [2.24, 2.45) is 0 Å². The molecule has 0 unspecified atom stereocenters. The highest BCUT2D eigenvalue weighted by atomic mass is 15.0. The maximum absolute atomic E-state index is 4.70. The number of nitrogens with one attached hydrogen (secondary N) is 1. The maximum Gasteiger partial charge on any atom is 0.162 e. The molecule has 0 aliphatic heterocycles. The molecule has 1 N–H and O–H groups in total. The zero-order valence-electron chi connectivity index (χ0n) is 13.9. The lowest BCUT2D eigenvalue weighted by molar-refractivity contribution is 1.08. The first-order chi connectivity index (χ1) is 12.9. The third-order valence-electron chi connectivity index (χ3n) is 3.84. The van der Waals surface area contributed by atoms with E-state index in [-0.39, 0.29) is 0 Å². The summed E-state index contributed by atoms with van der Waals surface area (Å²) in [6.07, 6.45) is 10.6. The molecule has 4 aromatic heterocycles. The summed E-state index contributed by atoms with van der Waals surface area (Å²) < 4.78 is 0. The fourth-order valence-electron chi connectivity index (χ4n) is 2.52. The fourth-order valence-corrected chi connectivity index (χ4v) is 2.52. The number of hydrogen-bond donors (Lipinski definition) is 1. The number of nitrogens with zero attached hydrogens (tertiary/aromatic N) is 5. The first kappa shape index (κ1) is 15.8. The largest absolute Gasteiger partial charge is 0.366 e. The first-order valence-electron chi connectivity index (χ1n) is 8.21. The van der Waals surface area contributed by atoms with E-state index in [0.29, 0.717) is 12.4 Å². The van der Waals surface area contributed by atoms with E-state index in [4.69, 9.17) is 4.98 Å². The molecule has 4 aromatic rings. The van der Waals surface area contributed by atoms with Gasteiger partial charge in [0.1, 0.15) is 5.82 Å². The normalized spacial score (nSPS) is 10.5. The maximum atomic E-state index is 4.70. The Balaban J connectivity index is 1.70. The van der Waals surface area contributed by atoms with Crippen molar-refractivity contribution in [2.75, 3.05) is 5.32 Å². The van der Waals surface area contributed by atoms with Crippen LogP contribution in [0.2, 0.25) is 0 Å². The highest BCUT2D eigenvalue weighted by Gasteiger charge is 2.09. The van der Waals surface area contributed by atoms with Crippen LogP contribution < -0.4 is 5.32 Å². The molecule has 0 bridgehead atoms. The second-order valence-electron chi connectivity index (χ2n) is 5.65. The van der Waals surface area contributed by atoms with E-state index in [2.05, 4.69) is 25.3 Å². The minimum Gasteiger partial charge on any atom is -0.366 e. The molecular weight excluding hydrogens is 324 g/mol. The summed E-state index contributed by atoms with van der Waals surface area (Å²) in [5.74, 6) is 1.40. The van der Waals surface area contributed by atoms with Crippen LogP contribution in [0.25, 0.3) is 22.6 Å². The van der Waals surface area contributed by atoms with Crippen LogP contribution >= 0.6 is 0 Å². The van der Waals surface area contributed by atoms with E-state index in [1.165, 1.54) is 0 Å². The van der Waals surface area contributed by atoms with Crippen molar-refractivity contribution in [3.05, 3.63) is 85.2 Å². The third-order valence-corrected chi connectivity index (χ3v) is 3.84. The summed E-state index contributed by atoms with van der Waals surface area (Å²) in [6, 6.07) is 13.6. The van der Waals surface area contributed by atoms with Crippen LogP contribution in [0, 0.1) is 0 Å². The number of pyridine rings is 3. The van der Waals surface area contributed by atoms with Crippen molar-refractivity contribution >= 4 is 5.82 Å². The number of hydrogen-bond acceptors (Lipinski definition) is 6. The Labute approximate surface area is 151 Å². The van der Waals surface area contributed by atoms with Crippen molar-refractivity contribution in [1.29, 1.82) is 0 Å². The molecule has 6 nitrogen and oxygen atoms in total. The van der Waals surface area contributed by atoms with Crippen molar-refractivity contribution in [3.63, 3.8) is 0 Å². The van der Waals surface area contributed by atoms with Gasteiger partial charge in [0, 0.05) is 60.9 Å². The zero-order chi connectivity index (χ0) is 17.6. The van der Waals surface area contributed by atoms with Crippen LogP contribution in [0.5, 0.6) is 0 Å². The van der Waals surface area contributed by atoms with E-state index < -0.39 is 0 Å². The number of anilines is 1. The summed E-state index contributed by atoms with van der Waals surface area (Å²) in [6.45, 7) is 0.655. The smallest absolute Gasteiger partial charge is 0.162 e. The molecule has 0 radical (unpaired) electrons. The Morgan fingerprint density at radius 2 is 1.50 bits per heavy atom. The second-order valence-corrected chi connectivity index (χ2v) is 5.65. The Morgan fingerprint density at radius 1 is 0.731 bits per heavy atom. The van der Waals surface area contributed by atoms with Gasteiger partial charge in [-0.1, -0.05) is 0 Å². The van der Waals surface area contributed by atoms with Crippen molar-refractivity contribution in [1.82, 2.24) is 24.9 Å². The zero-order valence-corrected chi connectivity index (χ0v) is 13.9. The minimum atomic E-state index is 0.644. The van der Waals surface area contributed by atoms with Crippen LogP contribution in [0.15, 0.2) is 79.6 Å². The molecule has 0 saturated carbocycles. The van der Waals surface area contributed by atoms with Gasteiger partial charge < -0.3 is 5.32 Å². The lowest BCUT2D eigenvalue weighted by atomic mass is 10.2.